The highest BCUT2D eigenvalue weighted by atomic mass is 16.2. The minimum Gasteiger partial charge on any atom is -0.340 e. The van der Waals surface area contributed by atoms with Crippen LogP contribution in [0.5, 0.6) is 0 Å². The molecule has 1 aliphatic heterocycles. The number of pyridine rings is 1. The van der Waals surface area contributed by atoms with E-state index in [1.807, 2.05) is 24.4 Å². The van der Waals surface area contributed by atoms with Gasteiger partial charge in [0.1, 0.15) is 0 Å². The topological polar surface area (TPSA) is 33.2 Å². The van der Waals surface area contributed by atoms with Crippen molar-refractivity contribution >= 4 is 5.91 Å². The monoisotopic (exact) mass is 332 g/mol. The summed E-state index contributed by atoms with van der Waals surface area (Å²) in [5.41, 5.74) is 2.34. The number of carbonyl (C=O) groups is 1. The highest BCUT2D eigenvalue weighted by Gasteiger charge is 2.73. The van der Waals surface area contributed by atoms with Crippen molar-refractivity contribution in [2.75, 3.05) is 13.1 Å². The second kappa shape index (κ2) is 5.42. The molecular weight excluding hydrogens is 308 g/mol. The molecule has 2 heterocycles. The number of carbonyl (C=O) groups excluding carboxylic acids is 1. The normalized spacial score (nSPS) is 27.3. The Labute approximate surface area is 149 Å². The van der Waals surface area contributed by atoms with E-state index in [0.29, 0.717) is 11.8 Å². The zero-order valence-electron chi connectivity index (χ0n) is 14.5. The number of benzene rings is 1. The second-order valence-electron chi connectivity index (χ2n) is 8.10. The van der Waals surface area contributed by atoms with Crippen LogP contribution >= 0.6 is 0 Å². The summed E-state index contributed by atoms with van der Waals surface area (Å²) in [6.45, 7) is 1.64. The van der Waals surface area contributed by atoms with Crippen LogP contribution in [0, 0.1) is 5.41 Å². The van der Waals surface area contributed by atoms with Gasteiger partial charge in [0.15, 0.2) is 0 Å². The number of amides is 1. The zero-order valence-corrected chi connectivity index (χ0v) is 14.5. The van der Waals surface area contributed by atoms with Crippen molar-refractivity contribution in [3.8, 4) is 0 Å². The van der Waals surface area contributed by atoms with E-state index in [1.165, 1.54) is 31.2 Å². The van der Waals surface area contributed by atoms with Gasteiger partial charge < -0.3 is 4.90 Å². The van der Waals surface area contributed by atoms with Gasteiger partial charge in [-0.15, -0.1) is 0 Å². The number of likely N-dealkylation sites (tertiary alicyclic amines) is 1. The molecule has 5 rings (SSSR count). The van der Waals surface area contributed by atoms with Gasteiger partial charge in [0.2, 0.25) is 5.91 Å². The van der Waals surface area contributed by atoms with Crippen molar-refractivity contribution in [3.05, 3.63) is 66.0 Å². The van der Waals surface area contributed by atoms with Gasteiger partial charge >= 0.3 is 0 Å². The van der Waals surface area contributed by atoms with Crippen molar-refractivity contribution in [2.45, 2.75) is 43.4 Å². The quantitative estimate of drug-likeness (QED) is 0.854. The fourth-order valence-electron chi connectivity index (χ4n) is 5.39. The van der Waals surface area contributed by atoms with Crippen LogP contribution in [0.2, 0.25) is 0 Å². The molecule has 3 heteroatoms. The summed E-state index contributed by atoms with van der Waals surface area (Å²) in [7, 11) is 0. The van der Waals surface area contributed by atoms with Crippen molar-refractivity contribution in [1.29, 1.82) is 0 Å². The molecule has 1 spiro atoms. The van der Waals surface area contributed by atoms with Crippen LogP contribution in [0.4, 0.5) is 0 Å². The molecule has 1 aromatic heterocycles. The molecule has 3 fully saturated rings. The molecule has 1 saturated heterocycles. The summed E-state index contributed by atoms with van der Waals surface area (Å²) in [4.78, 5) is 20.1. The fourth-order valence-corrected chi connectivity index (χ4v) is 5.39. The third kappa shape index (κ3) is 2.11. The van der Waals surface area contributed by atoms with Crippen molar-refractivity contribution < 1.29 is 4.79 Å². The third-order valence-corrected chi connectivity index (χ3v) is 6.85. The first-order valence-corrected chi connectivity index (χ1v) is 9.51. The Morgan fingerprint density at radius 1 is 1.00 bits per heavy atom. The SMILES string of the molecule is O=C(N1CC(c2ccccn2)C1)[C@@]1(c2ccccc2)CC12CCCC2. The second-order valence-corrected chi connectivity index (χ2v) is 8.10. The van der Waals surface area contributed by atoms with Gasteiger partial charge in [-0.3, -0.25) is 9.78 Å². The Kier molecular flexibility index (Phi) is 3.28. The van der Waals surface area contributed by atoms with Crippen LogP contribution in [0.15, 0.2) is 54.7 Å². The van der Waals surface area contributed by atoms with Gasteiger partial charge in [-0.25, -0.2) is 0 Å². The predicted molar refractivity (Wildman–Crippen MR) is 97.2 cm³/mol. The molecule has 0 unspecified atom stereocenters. The maximum absolute atomic E-state index is 13.6. The molecule has 0 radical (unpaired) electrons. The Balaban J connectivity index is 1.40. The average molecular weight is 332 g/mol. The first-order chi connectivity index (χ1) is 12.3. The van der Waals surface area contributed by atoms with E-state index in [4.69, 9.17) is 0 Å². The highest BCUT2D eigenvalue weighted by molar-refractivity contribution is 5.94. The number of aromatic nitrogens is 1. The van der Waals surface area contributed by atoms with E-state index in [0.717, 1.165) is 25.2 Å². The first-order valence-electron chi connectivity index (χ1n) is 9.51. The predicted octanol–water partition coefficient (Wildman–Crippen LogP) is 3.91. The molecule has 2 aliphatic carbocycles. The number of rotatable bonds is 3. The van der Waals surface area contributed by atoms with Crippen LogP contribution in [0.3, 0.4) is 0 Å². The summed E-state index contributed by atoms with van der Waals surface area (Å²) in [5.74, 6) is 0.768. The fraction of sp³-hybridized carbons (Fsp3) is 0.455. The number of hydrogen-bond acceptors (Lipinski definition) is 2. The molecule has 1 aromatic carbocycles. The summed E-state index contributed by atoms with van der Waals surface area (Å²) in [6.07, 6.45) is 7.88. The first kappa shape index (κ1) is 15.1. The Bertz CT molecular complexity index is 776. The third-order valence-electron chi connectivity index (χ3n) is 6.85. The summed E-state index contributed by atoms with van der Waals surface area (Å²) >= 11 is 0. The highest BCUT2D eigenvalue weighted by Crippen LogP contribution is 2.72. The van der Waals surface area contributed by atoms with E-state index in [1.54, 1.807) is 0 Å². The summed E-state index contributed by atoms with van der Waals surface area (Å²) < 4.78 is 0. The minimum atomic E-state index is -0.250. The Morgan fingerprint density at radius 3 is 2.40 bits per heavy atom. The number of nitrogens with zero attached hydrogens (tertiary/aromatic N) is 2. The van der Waals surface area contributed by atoms with E-state index in [9.17, 15) is 4.79 Å². The molecule has 2 saturated carbocycles. The molecule has 3 aliphatic rings. The molecule has 1 atom stereocenters. The van der Waals surface area contributed by atoms with E-state index in [2.05, 4.69) is 40.2 Å². The molecule has 128 valence electrons. The largest absolute Gasteiger partial charge is 0.340 e. The van der Waals surface area contributed by atoms with Crippen LogP contribution in [-0.4, -0.2) is 28.9 Å². The summed E-state index contributed by atoms with van der Waals surface area (Å²) in [5, 5.41) is 0. The van der Waals surface area contributed by atoms with Crippen molar-refractivity contribution in [2.24, 2.45) is 5.41 Å². The van der Waals surface area contributed by atoms with E-state index >= 15 is 0 Å². The Hall–Kier alpha value is -2.16. The maximum Gasteiger partial charge on any atom is 0.233 e. The standard InChI is InChI=1S/C22H24N2O/c25-20(24-14-17(15-24)19-10-4-7-13-23-19)22(18-8-2-1-3-9-18)16-21(22)11-5-6-12-21/h1-4,7-10,13,17H,5-6,11-12,14-16H2/t22-/m0/s1. The lowest BCUT2D eigenvalue weighted by Gasteiger charge is -2.42. The minimum absolute atomic E-state index is 0.238. The molecule has 0 N–H and O–H groups in total. The van der Waals surface area contributed by atoms with Gasteiger partial charge in [-0.05, 0) is 42.4 Å². The molecule has 1 amide bonds. The molecule has 3 nitrogen and oxygen atoms in total. The van der Waals surface area contributed by atoms with E-state index in [-0.39, 0.29) is 10.8 Å². The summed E-state index contributed by atoms with van der Waals surface area (Å²) in [6, 6.07) is 16.6. The maximum atomic E-state index is 13.6. The van der Waals surface area contributed by atoms with Crippen LogP contribution < -0.4 is 0 Å². The average Bonchev–Trinajstić information content (AvgIpc) is 3.03. The molecule has 2 aromatic rings. The zero-order chi connectivity index (χ0) is 16.9. The van der Waals surface area contributed by atoms with Gasteiger partial charge in [0.05, 0.1) is 5.41 Å². The lowest BCUT2D eigenvalue weighted by Crippen LogP contribution is -2.53. The van der Waals surface area contributed by atoms with Gasteiger partial charge in [-0.1, -0.05) is 49.2 Å². The molecular formula is C22H24N2O. The van der Waals surface area contributed by atoms with Gasteiger partial charge in [0.25, 0.3) is 0 Å². The molecule has 25 heavy (non-hydrogen) atoms. The van der Waals surface area contributed by atoms with E-state index < -0.39 is 0 Å². The van der Waals surface area contributed by atoms with Crippen LogP contribution in [-0.2, 0) is 10.2 Å². The van der Waals surface area contributed by atoms with Crippen molar-refractivity contribution in [1.82, 2.24) is 9.88 Å². The van der Waals surface area contributed by atoms with Crippen molar-refractivity contribution in [3.63, 3.8) is 0 Å². The number of hydrogen-bond donors (Lipinski definition) is 0. The van der Waals surface area contributed by atoms with Gasteiger partial charge in [0, 0.05) is 30.9 Å². The van der Waals surface area contributed by atoms with Gasteiger partial charge in [-0.2, -0.15) is 0 Å². The lowest BCUT2D eigenvalue weighted by atomic mass is 9.82. The molecule has 0 bridgehead atoms. The Morgan fingerprint density at radius 2 is 1.72 bits per heavy atom. The van der Waals surface area contributed by atoms with Crippen LogP contribution in [0.1, 0.15) is 49.3 Å². The lowest BCUT2D eigenvalue weighted by molar-refractivity contribution is -0.139. The smallest absolute Gasteiger partial charge is 0.233 e. The van der Waals surface area contributed by atoms with Crippen LogP contribution in [0.25, 0.3) is 0 Å².